The van der Waals surface area contributed by atoms with Crippen LogP contribution in [-0.2, 0) is 0 Å². The molecule has 0 bridgehead atoms. The van der Waals surface area contributed by atoms with Crippen molar-refractivity contribution in [3.8, 4) is 11.3 Å². The molecule has 0 saturated carbocycles. The molecule has 142 valence electrons. The van der Waals surface area contributed by atoms with Crippen LogP contribution in [0.2, 0.25) is 0 Å². The van der Waals surface area contributed by atoms with Crippen LogP contribution in [0.25, 0.3) is 11.3 Å². The predicted molar refractivity (Wildman–Crippen MR) is 102 cm³/mol. The molecule has 1 saturated heterocycles. The van der Waals surface area contributed by atoms with E-state index >= 15 is 0 Å². The predicted octanol–water partition coefficient (Wildman–Crippen LogP) is 3.38. The number of carbonyl (C=O) groups is 1. The van der Waals surface area contributed by atoms with Gasteiger partial charge in [-0.05, 0) is 42.5 Å². The van der Waals surface area contributed by atoms with Crippen LogP contribution in [0.15, 0.2) is 60.9 Å². The Morgan fingerprint density at radius 2 is 1.61 bits per heavy atom. The third-order valence-corrected chi connectivity index (χ3v) is 4.76. The summed E-state index contributed by atoms with van der Waals surface area (Å²) >= 11 is 0. The summed E-state index contributed by atoms with van der Waals surface area (Å²) in [6.45, 7) is 2.26. The van der Waals surface area contributed by atoms with Crippen LogP contribution in [0.5, 0.6) is 0 Å². The molecule has 1 aliphatic rings. The molecular formula is C21H18F2N4O. The van der Waals surface area contributed by atoms with E-state index in [0.29, 0.717) is 37.4 Å². The molecular weight excluding hydrogens is 362 g/mol. The molecule has 7 heteroatoms. The molecule has 1 amide bonds. The van der Waals surface area contributed by atoms with Crippen LogP contribution in [0.4, 0.5) is 14.6 Å². The number of anilines is 1. The average Bonchev–Trinajstić information content (AvgIpc) is 2.74. The molecule has 4 rings (SSSR count). The SMILES string of the molecule is O=C(c1cccc(F)c1)N1CCN(c2cc(-c3ccc(F)cc3)ncn2)CC1. The van der Waals surface area contributed by atoms with E-state index in [4.69, 9.17) is 0 Å². The number of carbonyl (C=O) groups excluding carboxylic acids is 1. The third kappa shape index (κ3) is 3.83. The Labute approximate surface area is 161 Å². The van der Waals surface area contributed by atoms with Crippen LogP contribution in [-0.4, -0.2) is 47.0 Å². The first-order valence-electron chi connectivity index (χ1n) is 8.98. The van der Waals surface area contributed by atoms with Crippen molar-refractivity contribution in [3.05, 3.63) is 78.1 Å². The minimum Gasteiger partial charge on any atom is -0.353 e. The second-order valence-corrected chi connectivity index (χ2v) is 6.56. The number of halogens is 2. The number of piperazine rings is 1. The molecule has 5 nitrogen and oxygen atoms in total. The number of benzene rings is 2. The molecule has 1 fully saturated rings. The first kappa shape index (κ1) is 18.0. The molecule has 28 heavy (non-hydrogen) atoms. The van der Waals surface area contributed by atoms with Crippen LogP contribution in [0, 0.1) is 11.6 Å². The normalized spacial score (nSPS) is 14.2. The maximum atomic E-state index is 13.4. The quantitative estimate of drug-likeness (QED) is 0.699. The summed E-state index contributed by atoms with van der Waals surface area (Å²) in [6, 6.07) is 13.7. The van der Waals surface area contributed by atoms with Gasteiger partial charge >= 0.3 is 0 Å². The Balaban J connectivity index is 1.44. The van der Waals surface area contributed by atoms with Crippen LogP contribution in [0.3, 0.4) is 0 Å². The molecule has 0 atom stereocenters. The Morgan fingerprint density at radius 1 is 0.857 bits per heavy atom. The smallest absolute Gasteiger partial charge is 0.254 e. The van der Waals surface area contributed by atoms with Gasteiger partial charge in [0.15, 0.2) is 0 Å². The first-order valence-corrected chi connectivity index (χ1v) is 8.98. The number of hydrogen-bond donors (Lipinski definition) is 0. The van der Waals surface area contributed by atoms with E-state index < -0.39 is 5.82 Å². The van der Waals surface area contributed by atoms with E-state index in [0.717, 1.165) is 11.4 Å². The van der Waals surface area contributed by atoms with Gasteiger partial charge < -0.3 is 9.80 Å². The highest BCUT2D eigenvalue weighted by atomic mass is 19.1. The minimum absolute atomic E-state index is 0.172. The fraction of sp³-hybridized carbons (Fsp3) is 0.190. The van der Waals surface area contributed by atoms with Crippen molar-refractivity contribution in [3.63, 3.8) is 0 Å². The number of aromatic nitrogens is 2. The highest BCUT2D eigenvalue weighted by Crippen LogP contribution is 2.22. The van der Waals surface area contributed by atoms with E-state index in [1.807, 2.05) is 6.07 Å². The Morgan fingerprint density at radius 3 is 2.32 bits per heavy atom. The van der Waals surface area contributed by atoms with Gasteiger partial charge in [-0.15, -0.1) is 0 Å². The lowest BCUT2D eigenvalue weighted by Gasteiger charge is -2.35. The fourth-order valence-electron chi connectivity index (χ4n) is 3.24. The van der Waals surface area contributed by atoms with Crippen LogP contribution in [0.1, 0.15) is 10.4 Å². The van der Waals surface area contributed by atoms with Crippen molar-refractivity contribution >= 4 is 11.7 Å². The van der Waals surface area contributed by atoms with Crippen molar-refractivity contribution in [2.24, 2.45) is 0 Å². The molecule has 0 aliphatic carbocycles. The Hall–Kier alpha value is -3.35. The van der Waals surface area contributed by atoms with Gasteiger partial charge in [-0.3, -0.25) is 4.79 Å². The topological polar surface area (TPSA) is 49.3 Å². The fourth-order valence-corrected chi connectivity index (χ4v) is 3.24. The van der Waals surface area contributed by atoms with E-state index in [9.17, 15) is 13.6 Å². The standard InChI is InChI=1S/C21H18F2N4O/c22-17-6-4-15(5-7-17)19-13-20(25-14-24-19)26-8-10-27(11-9-26)21(28)16-2-1-3-18(23)12-16/h1-7,12-14H,8-11H2. The molecule has 2 heterocycles. The zero-order valence-corrected chi connectivity index (χ0v) is 15.1. The van der Waals surface area contributed by atoms with Gasteiger partial charge in [-0.2, -0.15) is 0 Å². The van der Waals surface area contributed by atoms with Gasteiger partial charge in [0.05, 0.1) is 5.69 Å². The van der Waals surface area contributed by atoms with E-state index in [1.54, 1.807) is 23.1 Å². The van der Waals surface area contributed by atoms with Gasteiger partial charge in [0.1, 0.15) is 23.8 Å². The third-order valence-electron chi connectivity index (χ3n) is 4.76. The monoisotopic (exact) mass is 380 g/mol. The van der Waals surface area contributed by atoms with Gasteiger partial charge in [-0.1, -0.05) is 6.07 Å². The van der Waals surface area contributed by atoms with Crippen LogP contribution < -0.4 is 4.90 Å². The second kappa shape index (κ2) is 7.72. The van der Waals surface area contributed by atoms with Crippen molar-refractivity contribution in [1.82, 2.24) is 14.9 Å². The summed E-state index contributed by atoms with van der Waals surface area (Å²) in [4.78, 5) is 24.9. The van der Waals surface area contributed by atoms with Crippen LogP contribution >= 0.6 is 0 Å². The van der Waals surface area contributed by atoms with Crippen molar-refractivity contribution < 1.29 is 13.6 Å². The lowest BCUT2D eigenvalue weighted by molar-refractivity contribution is 0.0746. The molecule has 2 aromatic carbocycles. The summed E-state index contributed by atoms with van der Waals surface area (Å²) in [5, 5.41) is 0. The Bertz CT molecular complexity index is 986. The maximum absolute atomic E-state index is 13.4. The van der Waals surface area contributed by atoms with E-state index in [2.05, 4.69) is 14.9 Å². The van der Waals surface area contributed by atoms with Crippen molar-refractivity contribution in [2.75, 3.05) is 31.1 Å². The lowest BCUT2D eigenvalue weighted by atomic mass is 10.1. The molecule has 0 spiro atoms. The zero-order chi connectivity index (χ0) is 19.5. The molecule has 0 unspecified atom stereocenters. The zero-order valence-electron chi connectivity index (χ0n) is 15.1. The summed E-state index contributed by atoms with van der Waals surface area (Å²) in [5.41, 5.74) is 1.88. The Kier molecular flexibility index (Phi) is 4.97. The number of amides is 1. The van der Waals surface area contributed by atoms with Gasteiger partial charge in [-0.25, -0.2) is 18.7 Å². The average molecular weight is 380 g/mol. The highest BCUT2D eigenvalue weighted by molar-refractivity contribution is 5.94. The largest absolute Gasteiger partial charge is 0.353 e. The van der Waals surface area contributed by atoms with Gasteiger partial charge in [0.25, 0.3) is 5.91 Å². The minimum atomic E-state index is -0.418. The summed E-state index contributed by atoms with van der Waals surface area (Å²) < 4.78 is 26.5. The molecule has 0 radical (unpaired) electrons. The maximum Gasteiger partial charge on any atom is 0.254 e. The highest BCUT2D eigenvalue weighted by Gasteiger charge is 2.23. The van der Waals surface area contributed by atoms with Crippen molar-refractivity contribution in [1.29, 1.82) is 0 Å². The van der Waals surface area contributed by atoms with E-state index in [1.165, 1.54) is 36.7 Å². The lowest BCUT2D eigenvalue weighted by Crippen LogP contribution is -2.49. The number of hydrogen-bond acceptors (Lipinski definition) is 4. The second-order valence-electron chi connectivity index (χ2n) is 6.56. The molecule has 0 N–H and O–H groups in total. The van der Waals surface area contributed by atoms with Crippen molar-refractivity contribution in [2.45, 2.75) is 0 Å². The van der Waals surface area contributed by atoms with Gasteiger partial charge in [0.2, 0.25) is 0 Å². The molecule has 3 aromatic rings. The first-order chi connectivity index (χ1) is 13.6. The number of nitrogens with zero attached hydrogens (tertiary/aromatic N) is 4. The summed E-state index contributed by atoms with van der Waals surface area (Å²) in [5.74, 6) is -0.128. The molecule has 1 aromatic heterocycles. The molecule has 1 aliphatic heterocycles. The summed E-state index contributed by atoms with van der Waals surface area (Å²) in [7, 11) is 0. The van der Waals surface area contributed by atoms with E-state index in [-0.39, 0.29) is 11.7 Å². The summed E-state index contributed by atoms with van der Waals surface area (Å²) in [6.07, 6.45) is 1.48. The van der Waals surface area contributed by atoms with Gasteiger partial charge in [0, 0.05) is 43.4 Å². The number of rotatable bonds is 3.